The number of nitrogens with zero attached hydrogens (tertiary/aromatic N) is 2. The largest absolute Gasteiger partial charge is 0.507 e. The number of morpholine rings is 1. The molecule has 0 bridgehead atoms. The molecule has 7 heteroatoms. The first-order chi connectivity index (χ1) is 15.0. The summed E-state index contributed by atoms with van der Waals surface area (Å²) in [4.78, 5) is 29.9. The molecule has 1 N–H and O–H groups in total. The summed E-state index contributed by atoms with van der Waals surface area (Å²) >= 11 is 3.44. The van der Waals surface area contributed by atoms with Gasteiger partial charge in [-0.15, -0.1) is 0 Å². The van der Waals surface area contributed by atoms with E-state index in [0.717, 1.165) is 28.7 Å². The van der Waals surface area contributed by atoms with E-state index in [2.05, 4.69) is 20.8 Å². The molecule has 0 spiro atoms. The minimum absolute atomic E-state index is 0.137. The highest BCUT2D eigenvalue weighted by molar-refractivity contribution is 9.10. The minimum atomic E-state index is -0.645. The zero-order valence-electron chi connectivity index (χ0n) is 17.4. The van der Waals surface area contributed by atoms with E-state index in [1.165, 1.54) is 0 Å². The third kappa shape index (κ3) is 4.59. The standard InChI is InChI=1S/C24H25BrN2O4/c1-16-2-4-18(5-3-16)22(28)20-21(17-6-8-19(25)9-7-17)27(24(30)23(20)29)11-10-26-12-14-31-15-13-26/h2-9,21,28H,10-15H2,1H3/b22-20+. The zero-order valence-corrected chi connectivity index (χ0v) is 19.0. The molecule has 162 valence electrons. The van der Waals surface area contributed by atoms with Crippen molar-refractivity contribution in [2.45, 2.75) is 13.0 Å². The highest BCUT2D eigenvalue weighted by Crippen LogP contribution is 2.39. The molecule has 1 atom stereocenters. The Bertz CT molecular complexity index is 995. The molecule has 2 aromatic carbocycles. The molecule has 2 aromatic rings. The highest BCUT2D eigenvalue weighted by atomic mass is 79.9. The van der Waals surface area contributed by atoms with Gasteiger partial charge in [0.05, 0.1) is 24.8 Å². The predicted molar refractivity (Wildman–Crippen MR) is 122 cm³/mol. The van der Waals surface area contributed by atoms with Crippen molar-refractivity contribution in [2.75, 3.05) is 39.4 Å². The van der Waals surface area contributed by atoms with Gasteiger partial charge in [0.15, 0.2) is 0 Å². The average Bonchev–Trinajstić information content (AvgIpc) is 3.04. The van der Waals surface area contributed by atoms with Crippen molar-refractivity contribution in [3.8, 4) is 0 Å². The van der Waals surface area contributed by atoms with Crippen LogP contribution in [0, 0.1) is 6.92 Å². The van der Waals surface area contributed by atoms with Crippen LogP contribution in [0.15, 0.2) is 58.6 Å². The van der Waals surface area contributed by atoms with E-state index in [-0.39, 0.29) is 11.3 Å². The second kappa shape index (κ2) is 9.34. The molecule has 0 aliphatic carbocycles. The summed E-state index contributed by atoms with van der Waals surface area (Å²) in [5.74, 6) is -1.36. The minimum Gasteiger partial charge on any atom is -0.507 e. The fourth-order valence-corrected chi connectivity index (χ4v) is 4.31. The number of ether oxygens (including phenoxy) is 1. The van der Waals surface area contributed by atoms with Crippen LogP contribution in [0.2, 0.25) is 0 Å². The lowest BCUT2D eigenvalue weighted by Gasteiger charge is -2.31. The maximum Gasteiger partial charge on any atom is 0.295 e. The lowest BCUT2D eigenvalue weighted by atomic mass is 9.95. The van der Waals surface area contributed by atoms with Gasteiger partial charge < -0.3 is 14.7 Å². The SMILES string of the molecule is Cc1ccc(/C(O)=C2\C(=O)C(=O)N(CCN3CCOCC3)C2c2ccc(Br)cc2)cc1. The van der Waals surface area contributed by atoms with Crippen molar-refractivity contribution < 1.29 is 19.4 Å². The molecule has 0 radical (unpaired) electrons. The van der Waals surface area contributed by atoms with Gasteiger partial charge in [-0.25, -0.2) is 0 Å². The number of Topliss-reactive ketones (excluding diaryl/α,β-unsaturated/α-hetero) is 1. The number of halogens is 1. The van der Waals surface area contributed by atoms with Crippen molar-refractivity contribution in [1.82, 2.24) is 9.80 Å². The summed E-state index contributed by atoms with van der Waals surface area (Å²) in [6.07, 6.45) is 0. The van der Waals surface area contributed by atoms with E-state index in [9.17, 15) is 14.7 Å². The molecule has 4 rings (SSSR count). The van der Waals surface area contributed by atoms with Crippen LogP contribution in [0.3, 0.4) is 0 Å². The summed E-state index contributed by atoms with van der Waals surface area (Å²) in [6.45, 7) is 5.94. The fraction of sp³-hybridized carbons (Fsp3) is 0.333. The second-order valence-corrected chi connectivity index (χ2v) is 8.78. The summed E-state index contributed by atoms with van der Waals surface area (Å²) in [5, 5.41) is 11.1. The van der Waals surface area contributed by atoms with Gasteiger partial charge in [-0.05, 0) is 24.6 Å². The Morgan fingerprint density at radius 2 is 1.68 bits per heavy atom. The van der Waals surface area contributed by atoms with E-state index < -0.39 is 17.7 Å². The molecule has 0 aromatic heterocycles. The normalized spacial score (nSPS) is 21.6. The van der Waals surface area contributed by atoms with Crippen LogP contribution in [0.5, 0.6) is 0 Å². The quantitative estimate of drug-likeness (QED) is 0.399. The van der Waals surface area contributed by atoms with E-state index in [1.807, 2.05) is 43.3 Å². The van der Waals surface area contributed by atoms with Gasteiger partial charge >= 0.3 is 0 Å². The van der Waals surface area contributed by atoms with E-state index in [0.29, 0.717) is 31.9 Å². The van der Waals surface area contributed by atoms with E-state index in [1.54, 1.807) is 17.0 Å². The van der Waals surface area contributed by atoms with Crippen LogP contribution in [0.4, 0.5) is 0 Å². The summed E-state index contributed by atoms with van der Waals surface area (Å²) in [7, 11) is 0. The first kappa shape index (κ1) is 21.7. The molecule has 2 aliphatic heterocycles. The number of hydrogen-bond acceptors (Lipinski definition) is 5. The third-order valence-corrected chi connectivity index (χ3v) is 6.34. The molecule has 0 saturated carbocycles. The zero-order chi connectivity index (χ0) is 22.0. The van der Waals surface area contributed by atoms with Crippen LogP contribution in [0.1, 0.15) is 22.7 Å². The van der Waals surface area contributed by atoms with Crippen LogP contribution in [0.25, 0.3) is 5.76 Å². The number of amides is 1. The first-order valence-corrected chi connectivity index (χ1v) is 11.2. The van der Waals surface area contributed by atoms with E-state index >= 15 is 0 Å². The number of likely N-dealkylation sites (tertiary alicyclic amines) is 1. The van der Waals surface area contributed by atoms with Crippen LogP contribution in [-0.4, -0.2) is 66.0 Å². The lowest BCUT2D eigenvalue weighted by molar-refractivity contribution is -0.140. The molecule has 2 fully saturated rings. The molecule has 2 heterocycles. The van der Waals surface area contributed by atoms with Crippen LogP contribution >= 0.6 is 15.9 Å². The van der Waals surface area contributed by atoms with Crippen LogP contribution in [-0.2, 0) is 14.3 Å². The Morgan fingerprint density at radius 3 is 2.32 bits per heavy atom. The molecule has 6 nitrogen and oxygen atoms in total. The Hall–Kier alpha value is -2.48. The van der Waals surface area contributed by atoms with Crippen molar-refractivity contribution in [1.29, 1.82) is 0 Å². The van der Waals surface area contributed by atoms with Crippen molar-refractivity contribution >= 4 is 33.4 Å². The van der Waals surface area contributed by atoms with Crippen LogP contribution < -0.4 is 0 Å². The number of benzene rings is 2. The Balaban J connectivity index is 1.72. The monoisotopic (exact) mass is 484 g/mol. The Labute approximate surface area is 190 Å². The van der Waals surface area contributed by atoms with Crippen molar-refractivity contribution in [3.05, 3.63) is 75.3 Å². The molecular weight excluding hydrogens is 460 g/mol. The van der Waals surface area contributed by atoms with Gasteiger partial charge in [0.25, 0.3) is 11.7 Å². The first-order valence-electron chi connectivity index (χ1n) is 10.4. The van der Waals surface area contributed by atoms with E-state index in [4.69, 9.17) is 4.74 Å². The number of aliphatic hydroxyl groups excluding tert-OH is 1. The smallest absolute Gasteiger partial charge is 0.295 e. The highest BCUT2D eigenvalue weighted by Gasteiger charge is 2.46. The lowest BCUT2D eigenvalue weighted by Crippen LogP contribution is -2.42. The molecule has 1 unspecified atom stereocenters. The van der Waals surface area contributed by atoms with Gasteiger partial charge in [0.1, 0.15) is 5.76 Å². The molecule has 31 heavy (non-hydrogen) atoms. The maximum absolute atomic E-state index is 13.0. The number of ketones is 1. The van der Waals surface area contributed by atoms with Gasteiger partial charge in [-0.3, -0.25) is 14.5 Å². The Morgan fingerprint density at radius 1 is 1.03 bits per heavy atom. The summed E-state index contributed by atoms with van der Waals surface area (Å²) in [5.41, 5.74) is 2.50. The fourth-order valence-electron chi connectivity index (χ4n) is 4.04. The third-order valence-electron chi connectivity index (χ3n) is 5.81. The second-order valence-electron chi connectivity index (χ2n) is 7.86. The van der Waals surface area contributed by atoms with Crippen molar-refractivity contribution in [2.24, 2.45) is 0 Å². The molecule has 1 amide bonds. The molecule has 2 saturated heterocycles. The molecular formula is C24H25BrN2O4. The van der Waals surface area contributed by atoms with Gasteiger partial charge in [-0.1, -0.05) is 57.9 Å². The number of hydrogen-bond donors (Lipinski definition) is 1. The number of rotatable bonds is 5. The summed E-state index contributed by atoms with van der Waals surface area (Å²) < 4.78 is 6.30. The topological polar surface area (TPSA) is 70.1 Å². The number of aliphatic hydroxyl groups is 1. The maximum atomic E-state index is 13.0. The predicted octanol–water partition coefficient (Wildman–Crippen LogP) is 3.51. The summed E-state index contributed by atoms with van der Waals surface area (Å²) in [6, 6.07) is 14.2. The van der Waals surface area contributed by atoms with Gasteiger partial charge in [0.2, 0.25) is 0 Å². The number of carbonyl (C=O) groups excluding carboxylic acids is 2. The van der Waals surface area contributed by atoms with Gasteiger partial charge in [-0.2, -0.15) is 0 Å². The average molecular weight is 485 g/mol. The number of aryl methyl sites for hydroxylation is 1. The molecule has 2 aliphatic rings. The Kier molecular flexibility index (Phi) is 6.55. The number of carbonyl (C=O) groups is 2. The van der Waals surface area contributed by atoms with Gasteiger partial charge in [0, 0.05) is 36.2 Å². The van der Waals surface area contributed by atoms with Crippen molar-refractivity contribution in [3.63, 3.8) is 0 Å².